The van der Waals surface area contributed by atoms with E-state index >= 15 is 0 Å². The van der Waals surface area contributed by atoms with E-state index in [0.717, 1.165) is 51.4 Å². The van der Waals surface area contributed by atoms with Gasteiger partial charge in [-0.05, 0) is 38.5 Å². The summed E-state index contributed by atoms with van der Waals surface area (Å²) < 4.78 is 22.8. The van der Waals surface area contributed by atoms with Gasteiger partial charge in [-0.15, -0.1) is 0 Å². The van der Waals surface area contributed by atoms with Gasteiger partial charge in [0, 0.05) is 12.8 Å². The van der Waals surface area contributed by atoms with E-state index in [0.29, 0.717) is 23.9 Å². The van der Waals surface area contributed by atoms with Crippen molar-refractivity contribution in [1.29, 1.82) is 0 Å². The van der Waals surface area contributed by atoms with Crippen molar-refractivity contribution < 1.29 is 42.9 Å². The fourth-order valence-electron chi connectivity index (χ4n) is 7.13. The summed E-state index contributed by atoms with van der Waals surface area (Å²) >= 11 is 0. The van der Waals surface area contributed by atoms with Crippen molar-refractivity contribution in [2.75, 3.05) is 47.5 Å². The molecule has 0 rings (SSSR count). The summed E-state index contributed by atoms with van der Waals surface area (Å²) in [6.07, 6.45) is 42.7. The molecule has 0 aromatic carbocycles. The Morgan fingerprint density at radius 2 is 0.864 bits per heavy atom. The first kappa shape index (κ1) is 57.0. The Balaban J connectivity index is 4.33. The van der Waals surface area contributed by atoms with Gasteiger partial charge in [-0.25, -0.2) is 4.79 Å². The molecule has 0 saturated heterocycles. The number of esters is 2. The van der Waals surface area contributed by atoms with Crippen LogP contribution in [0.15, 0.2) is 12.2 Å². The molecule has 0 bridgehead atoms. The smallest absolute Gasteiger partial charge is 0.361 e. The molecule has 0 heterocycles. The lowest BCUT2D eigenvalue weighted by atomic mass is 10.0. The van der Waals surface area contributed by atoms with Crippen LogP contribution in [-0.4, -0.2) is 87.4 Å². The highest BCUT2D eigenvalue weighted by Gasteiger charge is 2.25. The van der Waals surface area contributed by atoms with E-state index in [-0.39, 0.29) is 32.2 Å². The lowest BCUT2D eigenvalue weighted by molar-refractivity contribution is -0.870. The number of likely N-dealkylation sites (N-methyl/N-ethyl adjacent to an activating group) is 1. The van der Waals surface area contributed by atoms with Gasteiger partial charge in [0.15, 0.2) is 6.10 Å². The maximum atomic E-state index is 12.8. The second-order valence-corrected chi connectivity index (χ2v) is 18.1. The third-order valence-corrected chi connectivity index (χ3v) is 11.0. The summed E-state index contributed by atoms with van der Waals surface area (Å²) in [7, 11) is 5.96. The Labute approximate surface area is 364 Å². The fourth-order valence-corrected chi connectivity index (χ4v) is 7.13. The molecule has 0 fully saturated rings. The van der Waals surface area contributed by atoms with Gasteiger partial charge in [0.25, 0.3) is 6.29 Å². The van der Waals surface area contributed by atoms with Crippen molar-refractivity contribution in [3.05, 3.63) is 12.2 Å². The largest absolute Gasteiger partial charge is 0.477 e. The summed E-state index contributed by atoms with van der Waals surface area (Å²) in [5.41, 5.74) is 0. The SMILES string of the molecule is CCCCCCCC/C=C\CCCCCCCC(=O)OC(COC(=O)CCCCCCCCCCCCCCCCCCCCC)COC(OCC[N+](C)(C)C)C(=O)O. The van der Waals surface area contributed by atoms with E-state index in [4.69, 9.17) is 18.9 Å². The predicted molar refractivity (Wildman–Crippen MR) is 245 cm³/mol. The maximum absolute atomic E-state index is 12.8. The van der Waals surface area contributed by atoms with Gasteiger partial charge < -0.3 is 28.5 Å². The summed E-state index contributed by atoms with van der Waals surface area (Å²) in [4.78, 5) is 37.2. The molecule has 0 aliphatic carbocycles. The first-order valence-electron chi connectivity index (χ1n) is 24.9. The molecular weight excluding hydrogens is 743 g/mol. The Hall–Kier alpha value is -1.97. The number of hydrogen-bond acceptors (Lipinski definition) is 7. The molecule has 9 nitrogen and oxygen atoms in total. The zero-order valence-corrected chi connectivity index (χ0v) is 39.4. The molecule has 0 radical (unpaired) electrons. The quantitative estimate of drug-likeness (QED) is 0.0212. The monoisotopic (exact) mass is 839 g/mol. The van der Waals surface area contributed by atoms with Crippen molar-refractivity contribution in [2.24, 2.45) is 0 Å². The number of carboxylic acid groups (broad SMARTS) is 1. The number of allylic oxidation sites excluding steroid dienone is 2. The molecule has 2 atom stereocenters. The number of unbranched alkanes of at least 4 members (excludes halogenated alkanes) is 29. The van der Waals surface area contributed by atoms with E-state index < -0.39 is 24.3 Å². The molecule has 0 saturated carbocycles. The summed E-state index contributed by atoms with van der Waals surface area (Å²) in [6, 6.07) is 0. The van der Waals surface area contributed by atoms with Crippen LogP contribution < -0.4 is 0 Å². The number of ether oxygens (including phenoxy) is 4. The number of carbonyl (C=O) groups excluding carboxylic acids is 2. The number of quaternary nitrogens is 1. The Morgan fingerprint density at radius 3 is 1.25 bits per heavy atom. The van der Waals surface area contributed by atoms with Gasteiger partial charge in [-0.2, -0.15) is 0 Å². The first-order chi connectivity index (χ1) is 28.6. The van der Waals surface area contributed by atoms with Gasteiger partial charge >= 0.3 is 17.9 Å². The number of aliphatic carboxylic acids is 1. The zero-order chi connectivity index (χ0) is 43.5. The molecular formula is C50H96NO8+. The van der Waals surface area contributed by atoms with Gasteiger partial charge in [0.2, 0.25) is 0 Å². The van der Waals surface area contributed by atoms with Crippen LogP contribution in [0.4, 0.5) is 0 Å². The third kappa shape index (κ3) is 43.9. The average Bonchev–Trinajstić information content (AvgIpc) is 3.19. The number of rotatable bonds is 46. The third-order valence-electron chi connectivity index (χ3n) is 11.0. The highest BCUT2D eigenvalue weighted by Crippen LogP contribution is 2.16. The van der Waals surface area contributed by atoms with Gasteiger partial charge in [0.1, 0.15) is 13.2 Å². The van der Waals surface area contributed by atoms with Gasteiger partial charge in [-0.3, -0.25) is 9.59 Å². The molecule has 0 spiro atoms. The highest BCUT2D eigenvalue weighted by atomic mass is 16.7. The number of carbonyl (C=O) groups is 3. The summed E-state index contributed by atoms with van der Waals surface area (Å²) in [6.45, 7) is 4.89. The first-order valence-corrected chi connectivity index (χ1v) is 24.9. The molecule has 1 N–H and O–H groups in total. The zero-order valence-electron chi connectivity index (χ0n) is 39.4. The van der Waals surface area contributed by atoms with E-state index in [1.54, 1.807) is 0 Å². The van der Waals surface area contributed by atoms with Crippen molar-refractivity contribution >= 4 is 17.9 Å². The number of hydrogen-bond donors (Lipinski definition) is 1. The van der Waals surface area contributed by atoms with Crippen LogP contribution in [0.5, 0.6) is 0 Å². The van der Waals surface area contributed by atoms with Crippen molar-refractivity contribution in [3.63, 3.8) is 0 Å². The normalized spacial score (nSPS) is 12.9. The highest BCUT2D eigenvalue weighted by molar-refractivity contribution is 5.71. The molecule has 0 aromatic rings. The van der Waals surface area contributed by atoms with Crippen LogP contribution in [0.2, 0.25) is 0 Å². The second kappa shape index (κ2) is 42.7. The Morgan fingerprint density at radius 1 is 0.492 bits per heavy atom. The standard InChI is InChI=1S/C50H95NO8/c1-6-8-10-12-14-16-18-20-22-23-24-25-27-28-30-32-34-36-38-40-47(52)57-44-46(45-58-50(49(54)55)56-43-42-51(3,4)5)59-48(53)41-39-37-35-33-31-29-26-21-19-17-15-13-11-9-7-2/h21,26,46,50H,6-20,22-25,27-45H2,1-5H3/p+1/b26-21-. The maximum Gasteiger partial charge on any atom is 0.361 e. The van der Waals surface area contributed by atoms with E-state index in [9.17, 15) is 19.5 Å². The minimum Gasteiger partial charge on any atom is -0.477 e. The molecule has 0 aliphatic heterocycles. The van der Waals surface area contributed by atoms with Crippen LogP contribution in [0.1, 0.15) is 232 Å². The summed E-state index contributed by atoms with van der Waals surface area (Å²) in [5, 5.41) is 9.65. The van der Waals surface area contributed by atoms with Crippen LogP contribution in [-0.2, 0) is 33.3 Å². The van der Waals surface area contributed by atoms with Crippen molar-refractivity contribution in [1.82, 2.24) is 0 Å². The van der Waals surface area contributed by atoms with Crippen LogP contribution >= 0.6 is 0 Å². The van der Waals surface area contributed by atoms with E-state index in [1.165, 1.54) is 148 Å². The molecule has 59 heavy (non-hydrogen) atoms. The van der Waals surface area contributed by atoms with Gasteiger partial charge in [0.05, 0.1) is 34.4 Å². The molecule has 348 valence electrons. The average molecular weight is 839 g/mol. The summed E-state index contributed by atoms with van der Waals surface area (Å²) in [5.74, 6) is -2.00. The van der Waals surface area contributed by atoms with Crippen LogP contribution in [0, 0.1) is 0 Å². The lowest BCUT2D eigenvalue weighted by Crippen LogP contribution is -2.40. The lowest BCUT2D eigenvalue weighted by Gasteiger charge is -2.25. The Kier molecular flexibility index (Phi) is 41.3. The van der Waals surface area contributed by atoms with Crippen molar-refractivity contribution in [2.45, 2.75) is 245 Å². The van der Waals surface area contributed by atoms with E-state index in [1.807, 2.05) is 21.1 Å². The van der Waals surface area contributed by atoms with E-state index in [2.05, 4.69) is 26.0 Å². The molecule has 0 aliphatic rings. The second-order valence-electron chi connectivity index (χ2n) is 18.1. The minimum atomic E-state index is -1.51. The predicted octanol–water partition coefficient (Wildman–Crippen LogP) is 13.5. The van der Waals surface area contributed by atoms with Crippen LogP contribution in [0.3, 0.4) is 0 Å². The van der Waals surface area contributed by atoms with Crippen LogP contribution in [0.25, 0.3) is 0 Å². The molecule has 2 unspecified atom stereocenters. The van der Waals surface area contributed by atoms with Gasteiger partial charge in [-0.1, -0.05) is 193 Å². The molecule has 0 amide bonds. The topological polar surface area (TPSA) is 108 Å². The van der Waals surface area contributed by atoms with Crippen molar-refractivity contribution in [3.8, 4) is 0 Å². The fraction of sp³-hybridized carbons (Fsp3) is 0.900. The Bertz CT molecular complexity index is 980. The minimum absolute atomic E-state index is 0.179. The number of nitrogens with zero attached hydrogens (tertiary/aromatic N) is 1. The molecule has 9 heteroatoms. The number of carboxylic acids is 1. The molecule has 0 aromatic heterocycles.